The molecule has 3 N–H and O–H groups in total. The molecular weight excluding hydrogens is 375 g/mol. The largest absolute Gasteiger partial charge is 0.489 e. The minimum absolute atomic E-state index is 0.0770. The second-order valence-electron chi connectivity index (χ2n) is 5.16. The number of ether oxygens (including phenoxy) is 2. The third kappa shape index (κ3) is 4.36. The number of alkyl halides is 1. The summed E-state index contributed by atoms with van der Waals surface area (Å²) in [7, 11) is 1.27. The van der Waals surface area contributed by atoms with Crippen molar-refractivity contribution in [1.29, 1.82) is 0 Å². The summed E-state index contributed by atoms with van der Waals surface area (Å²) in [4.78, 5) is 10.4. The van der Waals surface area contributed by atoms with E-state index in [9.17, 15) is 4.79 Å². The molecule has 1 heterocycles. The first kappa shape index (κ1) is 18.9. The number of dihydropyridines is 1. The number of halogens is 3. The number of nitrogens with one attached hydrogen (secondary N) is 1. The van der Waals surface area contributed by atoms with Gasteiger partial charge in [0.05, 0.1) is 7.11 Å². The van der Waals surface area contributed by atoms with Gasteiger partial charge in [0, 0.05) is 22.0 Å². The average Bonchev–Trinajstić information content (AvgIpc) is 2.55. The van der Waals surface area contributed by atoms with E-state index >= 15 is 0 Å². The summed E-state index contributed by atoms with van der Waals surface area (Å²) in [5, 5.41) is 3.95. The summed E-state index contributed by atoms with van der Waals surface area (Å²) in [6.07, 6.45) is 5.14. The SMILES string of the molecule is COC(=O)C(N)C[C@@]1(Cl)NC=CC=C1OCc1c(Cl)cccc1Cl. The van der Waals surface area contributed by atoms with Gasteiger partial charge in [-0.1, -0.05) is 40.9 Å². The molecule has 2 rings (SSSR count). The number of benzene rings is 1. The van der Waals surface area contributed by atoms with Gasteiger partial charge < -0.3 is 20.5 Å². The molecule has 0 fully saturated rings. The Morgan fingerprint density at radius 2 is 2.04 bits per heavy atom. The molecule has 24 heavy (non-hydrogen) atoms. The molecule has 2 atom stereocenters. The van der Waals surface area contributed by atoms with Crippen LogP contribution in [0.4, 0.5) is 0 Å². The first-order valence-corrected chi connectivity index (χ1v) is 8.24. The Bertz CT molecular complexity index is 658. The van der Waals surface area contributed by atoms with Crippen LogP contribution in [0.2, 0.25) is 10.0 Å². The topological polar surface area (TPSA) is 73.6 Å². The van der Waals surface area contributed by atoms with E-state index in [2.05, 4.69) is 10.1 Å². The van der Waals surface area contributed by atoms with E-state index in [1.807, 2.05) is 0 Å². The van der Waals surface area contributed by atoms with Gasteiger partial charge in [0.15, 0.2) is 5.00 Å². The van der Waals surface area contributed by atoms with Crippen LogP contribution < -0.4 is 11.1 Å². The van der Waals surface area contributed by atoms with Gasteiger partial charge >= 0.3 is 5.97 Å². The number of allylic oxidation sites excluding steroid dienone is 2. The van der Waals surface area contributed by atoms with Gasteiger partial charge in [-0.2, -0.15) is 0 Å². The normalized spacial score (nSPS) is 20.8. The number of carbonyl (C=O) groups is 1. The molecule has 1 unspecified atom stereocenters. The van der Waals surface area contributed by atoms with Crippen molar-refractivity contribution >= 4 is 40.8 Å². The van der Waals surface area contributed by atoms with E-state index in [0.29, 0.717) is 21.4 Å². The number of hydrogen-bond donors (Lipinski definition) is 2. The standard InChI is InChI=1S/C16H17Cl3N2O3/c1-23-15(22)13(20)8-16(19)14(6-3-7-21-16)24-9-10-11(17)4-2-5-12(10)18/h2-7,13,21H,8-9,20H2,1H3/t13?,16-/m1/s1. The molecule has 8 heteroatoms. The molecule has 1 aliphatic heterocycles. The minimum Gasteiger partial charge on any atom is -0.489 e. The number of methoxy groups -OCH3 is 1. The average molecular weight is 392 g/mol. The first-order valence-electron chi connectivity index (χ1n) is 7.10. The third-order valence-corrected chi connectivity index (χ3v) is 4.64. The molecule has 0 saturated carbocycles. The Morgan fingerprint density at radius 1 is 1.38 bits per heavy atom. The Morgan fingerprint density at radius 3 is 2.67 bits per heavy atom. The van der Waals surface area contributed by atoms with Crippen molar-refractivity contribution in [2.75, 3.05) is 7.11 Å². The zero-order valence-electron chi connectivity index (χ0n) is 12.9. The highest BCUT2D eigenvalue weighted by atomic mass is 35.5. The van der Waals surface area contributed by atoms with Gasteiger partial charge in [0.2, 0.25) is 0 Å². The lowest BCUT2D eigenvalue weighted by atomic mass is 10.0. The predicted octanol–water partition coefficient (Wildman–Crippen LogP) is 3.34. The van der Waals surface area contributed by atoms with Crippen LogP contribution >= 0.6 is 34.8 Å². The maximum atomic E-state index is 11.6. The van der Waals surface area contributed by atoms with Crippen molar-refractivity contribution in [2.24, 2.45) is 5.73 Å². The lowest BCUT2D eigenvalue weighted by Gasteiger charge is -2.33. The van der Waals surface area contributed by atoms with Crippen LogP contribution in [0, 0.1) is 0 Å². The third-order valence-electron chi connectivity index (χ3n) is 3.49. The summed E-state index contributed by atoms with van der Waals surface area (Å²) >= 11 is 18.8. The highest BCUT2D eigenvalue weighted by Gasteiger charge is 2.38. The zero-order valence-corrected chi connectivity index (χ0v) is 15.2. The molecule has 1 aliphatic rings. The molecule has 0 radical (unpaired) electrons. The van der Waals surface area contributed by atoms with E-state index in [0.717, 1.165) is 0 Å². The van der Waals surface area contributed by atoms with Crippen molar-refractivity contribution in [3.05, 3.63) is 57.9 Å². The first-order chi connectivity index (χ1) is 11.4. The summed E-state index contributed by atoms with van der Waals surface area (Å²) in [6, 6.07) is 4.29. The number of hydrogen-bond acceptors (Lipinski definition) is 5. The summed E-state index contributed by atoms with van der Waals surface area (Å²) < 4.78 is 10.4. The Balaban J connectivity index is 2.13. The predicted molar refractivity (Wildman–Crippen MR) is 94.8 cm³/mol. The van der Waals surface area contributed by atoms with Crippen LogP contribution in [0.25, 0.3) is 0 Å². The van der Waals surface area contributed by atoms with Crippen LogP contribution in [0.5, 0.6) is 0 Å². The maximum Gasteiger partial charge on any atom is 0.322 e. The Kier molecular flexibility index (Phi) is 6.40. The van der Waals surface area contributed by atoms with Crippen LogP contribution in [0.1, 0.15) is 12.0 Å². The van der Waals surface area contributed by atoms with Crippen molar-refractivity contribution < 1.29 is 14.3 Å². The fraction of sp³-hybridized carbons (Fsp3) is 0.312. The van der Waals surface area contributed by atoms with E-state index in [1.165, 1.54) is 7.11 Å². The summed E-state index contributed by atoms with van der Waals surface area (Å²) in [6.45, 7) is 0.127. The van der Waals surface area contributed by atoms with Gasteiger partial charge in [-0.3, -0.25) is 4.79 Å². The van der Waals surface area contributed by atoms with Crippen molar-refractivity contribution in [3.63, 3.8) is 0 Å². The highest BCUT2D eigenvalue weighted by molar-refractivity contribution is 6.35. The molecule has 0 spiro atoms. The minimum atomic E-state index is -1.17. The fourth-order valence-corrected chi connectivity index (χ4v) is 3.05. The summed E-state index contributed by atoms with van der Waals surface area (Å²) in [5.74, 6) is -0.151. The quantitative estimate of drug-likeness (QED) is 0.442. The molecule has 5 nitrogen and oxygen atoms in total. The molecule has 130 valence electrons. The fourth-order valence-electron chi connectivity index (χ4n) is 2.20. The van der Waals surface area contributed by atoms with Crippen LogP contribution in [0.3, 0.4) is 0 Å². The van der Waals surface area contributed by atoms with Crippen molar-refractivity contribution in [1.82, 2.24) is 5.32 Å². The van der Waals surface area contributed by atoms with Gasteiger partial charge in [0.1, 0.15) is 18.4 Å². The van der Waals surface area contributed by atoms with Crippen molar-refractivity contribution in [2.45, 2.75) is 24.1 Å². The van der Waals surface area contributed by atoms with Crippen molar-refractivity contribution in [3.8, 4) is 0 Å². The van der Waals surface area contributed by atoms with E-state index in [1.54, 1.807) is 36.6 Å². The van der Waals surface area contributed by atoms with Crippen LogP contribution in [0.15, 0.2) is 42.3 Å². The van der Waals surface area contributed by atoms with Gasteiger partial charge in [-0.15, -0.1) is 0 Å². The van der Waals surface area contributed by atoms with Crippen LogP contribution in [-0.4, -0.2) is 24.1 Å². The second kappa shape index (κ2) is 8.12. The Labute approximate surface area is 155 Å². The van der Waals surface area contributed by atoms with Gasteiger partial charge in [0.25, 0.3) is 0 Å². The Hall–Kier alpha value is -1.40. The number of nitrogens with two attached hydrogens (primary N) is 1. The lowest BCUT2D eigenvalue weighted by Crippen LogP contribution is -2.48. The van der Waals surface area contributed by atoms with Gasteiger partial charge in [-0.05, 0) is 30.5 Å². The molecule has 0 saturated heterocycles. The van der Waals surface area contributed by atoms with E-state index < -0.39 is 17.0 Å². The van der Waals surface area contributed by atoms with E-state index in [4.69, 9.17) is 45.3 Å². The molecular formula is C16H17Cl3N2O3. The lowest BCUT2D eigenvalue weighted by molar-refractivity contribution is -0.142. The molecule has 0 bridgehead atoms. The number of carbonyl (C=O) groups excluding carboxylic acids is 1. The zero-order chi connectivity index (χ0) is 17.7. The molecule has 0 aliphatic carbocycles. The molecule has 1 aromatic rings. The van der Waals surface area contributed by atoms with Gasteiger partial charge in [-0.25, -0.2) is 0 Å². The summed E-state index contributed by atoms with van der Waals surface area (Å²) in [5.41, 5.74) is 6.46. The maximum absolute atomic E-state index is 11.6. The monoisotopic (exact) mass is 390 g/mol. The molecule has 0 aromatic heterocycles. The van der Waals surface area contributed by atoms with E-state index in [-0.39, 0.29) is 13.0 Å². The highest BCUT2D eigenvalue weighted by Crippen LogP contribution is 2.33. The molecule has 1 aromatic carbocycles. The number of rotatable bonds is 6. The van der Waals surface area contributed by atoms with Crippen LogP contribution in [-0.2, 0) is 20.9 Å². The second-order valence-corrected chi connectivity index (χ2v) is 6.62. The molecule has 0 amide bonds. The number of esters is 1. The smallest absolute Gasteiger partial charge is 0.322 e.